The van der Waals surface area contributed by atoms with E-state index in [9.17, 15) is 14.9 Å². The van der Waals surface area contributed by atoms with Crippen LogP contribution in [-0.2, 0) is 4.79 Å². The van der Waals surface area contributed by atoms with Gasteiger partial charge in [0.2, 0.25) is 5.88 Å². The number of nitrogens with zero attached hydrogens (tertiary/aromatic N) is 2. The molecule has 0 spiro atoms. The Morgan fingerprint density at radius 2 is 2.04 bits per heavy atom. The summed E-state index contributed by atoms with van der Waals surface area (Å²) in [4.78, 5) is 25.5. The smallest absolute Gasteiger partial charge is 0.290 e. The van der Waals surface area contributed by atoms with Gasteiger partial charge in [-0.25, -0.2) is 4.98 Å². The molecule has 0 aliphatic rings. The van der Waals surface area contributed by atoms with Gasteiger partial charge >= 0.3 is 0 Å². The molecule has 23 heavy (non-hydrogen) atoms. The first-order valence-corrected chi connectivity index (χ1v) is 6.73. The van der Waals surface area contributed by atoms with Crippen molar-refractivity contribution in [1.29, 1.82) is 0 Å². The Labute approximate surface area is 132 Å². The zero-order chi connectivity index (χ0) is 16.8. The van der Waals surface area contributed by atoms with E-state index in [0.29, 0.717) is 11.5 Å². The Morgan fingerprint density at radius 1 is 1.30 bits per heavy atom. The lowest BCUT2D eigenvalue weighted by Gasteiger charge is -2.08. The fourth-order valence-corrected chi connectivity index (χ4v) is 1.75. The molecule has 2 aromatic rings. The van der Waals surface area contributed by atoms with Crippen LogP contribution in [0.25, 0.3) is 0 Å². The summed E-state index contributed by atoms with van der Waals surface area (Å²) in [6.45, 7) is 1.43. The molecule has 120 valence electrons. The lowest BCUT2D eigenvalue weighted by molar-refractivity contribution is -0.385. The fraction of sp³-hybridized carbons (Fsp3) is 0.200. The summed E-state index contributed by atoms with van der Waals surface area (Å²) in [5.74, 6) is 0.894. The molecule has 0 aliphatic carbocycles. The number of aromatic nitrogens is 1. The van der Waals surface area contributed by atoms with Crippen LogP contribution in [0.15, 0.2) is 36.4 Å². The van der Waals surface area contributed by atoms with Gasteiger partial charge in [-0.2, -0.15) is 0 Å². The van der Waals surface area contributed by atoms with Crippen molar-refractivity contribution in [3.05, 3.63) is 52.2 Å². The third kappa shape index (κ3) is 4.40. The van der Waals surface area contributed by atoms with Gasteiger partial charge in [0.15, 0.2) is 6.61 Å². The number of likely N-dealkylation sites (N-methyl/N-ethyl adjacent to an activating group) is 1. The predicted octanol–water partition coefficient (Wildman–Crippen LogP) is 2.22. The zero-order valence-electron chi connectivity index (χ0n) is 12.6. The molecule has 0 radical (unpaired) electrons. The fourth-order valence-electron chi connectivity index (χ4n) is 1.75. The van der Waals surface area contributed by atoms with E-state index in [1.807, 2.05) is 0 Å². The summed E-state index contributed by atoms with van der Waals surface area (Å²) in [6, 6.07) is 9.43. The molecule has 0 unspecified atom stereocenters. The number of carbonyl (C=O) groups is 1. The van der Waals surface area contributed by atoms with Gasteiger partial charge < -0.3 is 14.8 Å². The topological polar surface area (TPSA) is 104 Å². The summed E-state index contributed by atoms with van der Waals surface area (Å²) in [7, 11) is 1.52. The monoisotopic (exact) mass is 317 g/mol. The molecule has 8 heteroatoms. The van der Waals surface area contributed by atoms with Gasteiger partial charge in [0, 0.05) is 25.2 Å². The minimum atomic E-state index is -0.501. The molecule has 2 rings (SSSR count). The van der Waals surface area contributed by atoms with E-state index in [1.165, 1.54) is 26.1 Å². The first-order valence-electron chi connectivity index (χ1n) is 6.73. The average Bonchev–Trinajstić information content (AvgIpc) is 2.52. The molecule has 0 atom stereocenters. The van der Waals surface area contributed by atoms with Crippen LogP contribution in [0.2, 0.25) is 0 Å². The van der Waals surface area contributed by atoms with E-state index in [-0.39, 0.29) is 29.8 Å². The number of hydrogen-bond acceptors (Lipinski definition) is 6. The lowest BCUT2D eigenvalue weighted by Crippen LogP contribution is -2.24. The number of nitrogens with one attached hydrogen (secondary N) is 1. The maximum absolute atomic E-state index is 11.2. The first-order chi connectivity index (χ1) is 11.0. The minimum absolute atomic E-state index is 0.0694. The minimum Gasteiger partial charge on any atom is -0.484 e. The number of ether oxygens (including phenoxy) is 2. The number of amides is 1. The van der Waals surface area contributed by atoms with Gasteiger partial charge in [0.05, 0.1) is 4.92 Å². The van der Waals surface area contributed by atoms with Crippen molar-refractivity contribution >= 4 is 11.6 Å². The number of hydrogen-bond donors (Lipinski definition) is 1. The van der Waals surface area contributed by atoms with E-state index in [0.717, 1.165) is 0 Å². The molecule has 1 aromatic carbocycles. The van der Waals surface area contributed by atoms with Crippen LogP contribution in [0.3, 0.4) is 0 Å². The maximum atomic E-state index is 11.2. The van der Waals surface area contributed by atoms with Crippen molar-refractivity contribution in [2.24, 2.45) is 0 Å². The zero-order valence-corrected chi connectivity index (χ0v) is 12.6. The summed E-state index contributed by atoms with van der Waals surface area (Å²) < 4.78 is 10.9. The van der Waals surface area contributed by atoms with Gasteiger partial charge in [-0.3, -0.25) is 14.9 Å². The van der Waals surface area contributed by atoms with Crippen LogP contribution >= 0.6 is 0 Å². The Balaban J connectivity index is 2.09. The highest BCUT2D eigenvalue weighted by molar-refractivity contribution is 5.77. The molecular weight excluding hydrogens is 302 g/mol. The van der Waals surface area contributed by atoms with Crippen LogP contribution in [-0.4, -0.2) is 29.5 Å². The van der Waals surface area contributed by atoms with Crippen molar-refractivity contribution in [3.63, 3.8) is 0 Å². The van der Waals surface area contributed by atoms with Crippen molar-refractivity contribution in [2.45, 2.75) is 6.92 Å². The maximum Gasteiger partial charge on any atom is 0.290 e. The molecule has 1 heterocycles. The molecule has 8 nitrogen and oxygen atoms in total. The molecule has 0 bridgehead atoms. The molecule has 1 N–H and O–H groups in total. The van der Waals surface area contributed by atoms with Gasteiger partial charge in [0.1, 0.15) is 17.2 Å². The highest BCUT2D eigenvalue weighted by Crippen LogP contribution is 2.26. The second-order valence-electron chi connectivity index (χ2n) is 4.55. The number of pyridine rings is 1. The number of carbonyl (C=O) groups excluding carboxylic acids is 1. The van der Waals surface area contributed by atoms with Crippen LogP contribution < -0.4 is 14.8 Å². The van der Waals surface area contributed by atoms with Crippen molar-refractivity contribution in [1.82, 2.24) is 10.3 Å². The summed E-state index contributed by atoms with van der Waals surface area (Å²) >= 11 is 0. The molecule has 1 amide bonds. The van der Waals surface area contributed by atoms with Crippen molar-refractivity contribution < 1.29 is 19.2 Å². The number of benzene rings is 1. The SMILES string of the molecule is CNC(=O)COc1cccc(Oc2ccc([N+](=O)[O-])c(C)n2)c1. The summed E-state index contributed by atoms with van der Waals surface area (Å²) in [6.07, 6.45) is 0. The highest BCUT2D eigenvalue weighted by atomic mass is 16.6. The standard InChI is InChI=1S/C15H15N3O5/c1-10-13(18(20)21)6-7-15(17-10)23-12-5-3-4-11(8-12)22-9-14(19)16-2/h3-8H,9H2,1-2H3,(H,16,19). The van der Waals surface area contributed by atoms with Gasteiger partial charge in [-0.05, 0) is 19.1 Å². The Kier molecular flexibility index (Phi) is 5.08. The van der Waals surface area contributed by atoms with Crippen molar-refractivity contribution in [3.8, 4) is 17.4 Å². The second-order valence-corrected chi connectivity index (χ2v) is 4.55. The normalized spacial score (nSPS) is 10.0. The number of nitro groups is 1. The second kappa shape index (κ2) is 7.21. The van der Waals surface area contributed by atoms with Crippen LogP contribution in [0.1, 0.15) is 5.69 Å². The molecule has 0 saturated carbocycles. The van der Waals surface area contributed by atoms with E-state index >= 15 is 0 Å². The Morgan fingerprint density at radius 3 is 2.70 bits per heavy atom. The third-order valence-corrected chi connectivity index (χ3v) is 2.91. The molecule has 0 saturated heterocycles. The molecular formula is C15H15N3O5. The van der Waals surface area contributed by atoms with Gasteiger partial charge in [-0.1, -0.05) is 6.07 Å². The average molecular weight is 317 g/mol. The predicted molar refractivity (Wildman–Crippen MR) is 81.7 cm³/mol. The quantitative estimate of drug-likeness (QED) is 0.647. The highest BCUT2D eigenvalue weighted by Gasteiger charge is 2.12. The lowest BCUT2D eigenvalue weighted by atomic mass is 10.3. The van der Waals surface area contributed by atoms with Crippen LogP contribution in [0.4, 0.5) is 5.69 Å². The summed E-state index contributed by atoms with van der Waals surface area (Å²) in [5.41, 5.74) is 0.194. The van der Waals surface area contributed by atoms with E-state index in [1.54, 1.807) is 24.3 Å². The van der Waals surface area contributed by atoms with Gasteiger partial charge in [-0.15, -0.1) is 0 Å². The van der Waals surface area contributed by atoms with Crippen LogP contribution in [0, 0.1) is 17.0 Å². The molecule has 1 aromatic heterocycles. The van der Waals surface area contributed by atoms with E-state index in [2.05, 4.69) is 10.3 Å². The van der Waals surface area contributed by atoms with Gasteiger partial charge in [0.25, 0.3) is 11.6 Å². The van der Waals surface area contributed by atoms with E-state index in [4.69, 9.17) is 9.47 Å². The molecule has 0 aliphatic heterocycles. The number of rotatable bonds is 6. The first kappa shape index (κ1) is 16.2. The Hall–Kier alpha value is -3.16. The molecule has 0 fully saturated rings. The number of aryl methyl sites for hydroxylation is 1. The van der Waals surface area contributed by atoms with E-state index < -0.39 is 4.92 Å². The summed E-state index contributed by atoms with van der Waals surface area (Å²) in [5, 5.41) is 13.2. The largest absolute Gasteiger partial charge is 0.484 e. The Bertz CT molecular complexity index is 733. The van der Waals surface area contributed by atoms with Crippen LogP contribution in [0.5, 0.6) is 17.4 Å². The van der Waals surface area contributed by atoms with Crippen molar-refractivity contribution in [2.75, 3.05) is 13.7 Å². The third-order valence-electron chi connectivity index (χ3n) is 2.91.